The number of benzene rings is 1. The smallest absolute Gasteiger partial charge is 0.161 e. The molecule has 2 aromatic rings. The molecule has 0 spiro atoms. The van der Waals surface area contributed by atoms with Gasteiger partial charge < -0.3 is 15.2 Å². The molecule has 3 rings (SSSR count). The summed E-state index contributed by atoms with van der Waals surface area (Å²) < 4.78 is 11.4. The highest BCUT2D eigenvalue weighted by Crippen LogP contribution is 2.32. The van der Waals surface area contributed by atoms with Crippen molar-refractivity contribution in [2.75, 3.05) is 26.7 Å². The third kappa shape index (κ3) is 5.10. The molecule has 1 fully saturated rings. The van der Waals surface area contributed by atoms with Crippen molar-refractivity contribution >= 4 is 12.4 Å². The van der Waals surface area contributed by atoms with Gasteiger partial charge >= 0.3 is 0 Å². The number of ether oxygens (including phenoxy) is 2. The van der Waals surface area contributed by atoms with E-state index < -0.39 is 0 Å². The van der Waals surface area contributed by atoms with Crippen molar-refractivity contribution in [3.05, 3.63) is 53.9 Å². The van der Waals surface area contributed by atoms with Crippen LogP contribution < -0.4 is 15.2 Å². The van der Waals surface area contributed by atoms with Crippen LogP contribution in [0.1, 0.15) is 24.5 Å². The van der Waals surface area contributed by atoms with Gasteiger partial charge in [0.1, 0.15) is 6.61 Å². The highest BCUT2D eigenvalue weighted by atomic mass is 35.5. The minimum atomic E-state index is 0. The fraction of sp³-hybridized carbons (Fsp3) is 0.450. The van der Waals surface area contributed by atoms with Gasteiger partial charge in [0.2, 0.25) is 0 Å². The predicted octanol–water partition coefficient (Wildman–Crippen LogP) is 3.26. The first-order valence-electron chi connectivity index (χ1n) is 8.73. The van der Waals surface area contributed by atoms with E-state index in [1.165, 1.54) is 5.56 Å². The SMILES string of the molecule is COc1cc(CN2CCC(C)(CN)C2)ccc1OCc1ccncc1.Cl. The van der Waals surface area contributed by atoms with Gasteiger partial charge in [0.15, 0.2) is 11.5 Å². The van der Waals surface area contributed by atoms with Crippen molar-refractivity contribution in [3.63, 3.8) is 0 Å². The predicted molar refractivity (Wildman–Crippen MR) is 106 cm³/mol. The molecule has 6 heteroatoms. The number of likely N-dealkylation sites (tertiary alicyclic amines) is 1. The molecule has 0 aliphatic carbocycles. The third-order valence-corrected chi connectivity index (χ3v) is 4.91. The van der Waals surface area contributed by atoms with Gasteiger partial charge in [-0.1, -0.05) is 13.0 Å². The molecule has 1 saturated heterocycles. The van der Waals surface area contributed by atoms with Crippen molar-refractivity contribution in [1.82, 2.24) is 9.88 Å². The molecule has 26 heavy (non-hydrogen) atoms. The molecule has 0 radical (unpaired) electrons. The molecule has 2 N–H and O–H groups in total. The number of methoxy groups -OCH3 is 1. The Labute approximate surface area is 161 Å². The van der Waals surface area contributed by atoms with Crippen LogP contribution in [0, 0.1) is 5.41 Å². The summed E-state index contributed by atoms with van der Waals surface area (Å²) in [5.74, 6) is 1.53. The van der Waals surface area contributed by atoms with Crippen molar-refractivity contribution in [2.45, 2.75) is 26.5 Å². The van der Waals surface area contributed by atoms with E-state index in [0.717, 1.165) is 49.7 Å². The van der Waals surface area contributed by atoms with Crippen LogP contribution in [0.25, 0.3) is 0 Å². The first-order chi connectivity index (χ1) is 12.1. The first-order valence-corrected chi connectivity index (χ1v) is 8.73. The molecule has 142 valence electrons. The van der Waals surface area contributed by atoms with Gasteiger partial charge in [0.05, 0.1) is 7.11 Å². The van der Waals surface area contributed by atoms with Crippen LogP contribution in [0.5, 0.6) is 11.5 Å². The summed E-state index contributed by atoms with van der Waals surface area (Å²) in [7, 11) is 1.68. The molecule has 1 aliphatic heterocycles. The van der Waals surface area contributed by atoms with Crippen molar-refractivity contribution < 1.29 is 9.47 Å². The number of aromatic nitrogens is 1. The van der Waals surface area contributed by atoms with E-state index >= 15 is 0 Å². The van der Waals surface area contributed by atoms with Gasteiger partial charge in [-0.2, -0.15) is 0 Å². The molecule has 0 amide bonds. The lowest BCUT2D eigenvalue weighted by atomic mass is 9.90. The second-order valence-corrected chi connectivity index (χ2v) is 7.10. The van der Waals surface area contributed by atoms with Gasteiger partial charge in [-0.15, -0.1) is 12.4 Å². The number of pyridine rings is 1. The van der Waals surface area contributed by atoms with E-state index in [2.05, 4.69) is 28.9 Å². The van der Waals surface area contributed by atoms with Crippen LogP contribution in [0.2, 0.25) is 0 Å². The Morgan fingerprint density at radius 2 is 1.92 bits per heavy atom. The van der Waals surface area contributed by atoms with Crippen molar-refractivity contribution in [2.24, 2.45) is 11.1 Å². The lowest BCUT2D eigenvalue weighted by molar-refractivity contribution is 0.271. The van der Waals surface area contributed by atoms with Crippen LogP contribution in [0.15, 0.2) is 42.7 Å². The second-order valence-electron chi connectivity index (χ2n) is 7.10. The quantitative estimate of drug-likeness (QED) is 0.802. The van der Waals surface area contributed by atoms with Crippen molar-refractivity contribution in [1.29, 1.82) is 0 Å². The van der Waals surface area contributed by atoms with Crippen LogP contribution >= 0.6 is 12.4 Å². The molecular formula is C20H28ClN3O2. The molecule has 1 aromatic heterocycles. The fourth-order valence-electron chi connectivity index (χ4n) is 3.26. The lowest BCUT2D eigenvalue weighted by Gasteiger charge is -2.23. The fourth-order valence-corrected chi connectivity index (χ4v) is 3.26. The molecule has 1 aliphatic rings. The highest BCUT2D eigenvalue weighted by molar-refractivity contribution is 5.85. The van der Waals surface area contributed by atoms with Gasteiger partial charge in [0.25, 0.3) is 0 Å². The summed E-state index contributed by atoms with van der Waals surface area (Å²) in [4.78, 5) is 6.48. The van der Waals surface area contributed by atoms with Crippen LogP contribution in [-0.4, -0.2) is 36.6 Å². The molecular weight excluding hydrogens is 350 g/mol. The standard InChI is InChI=1S/C20H27N3O2.ClH/c1-20(14-21)7-10-23(15-20)12-17-3-4-18(19(11-17)24-2)25-13-16-5-8-22-9-6-16;/h3-6,8-9,11H,7,10,12-15,21H2,1-2H3;1H. The van der Waals surface area contributed by atoms with E-state index in [-0.39, 0.29) is 17.8 Å². The van der Waals surface area contributed by atoms with Gasteiger partial charge in [-0.3, -0.25) is 9.88 Å². The number of rotatable bonds is 7. The normalized spacial score (nSPS) is 19.8. The number of hydrogen-bond acceptors (Lipinski definition) is 5. The summed E-state index contributed by atoms with van der Waals surface area (Å²) in [6.45, 7) is 6.57. The zero-order valence-corrected chi connectivity index (χ0v) is 16.3. The Hall–Kier alpha value is -1.82. The number of nitrogens with two attached hydrogens (primary N) is 1. The van der Waals surface area contributed by atoms with E-state index in [1.807, 2.05) is 18.2 Å². The summed E-state index contributed by atoms with van der Waals surface area (Å²) in [6.07, 6.45) is 4.70. The highest BCUT2D eigenvalue weighted by Gasteiger charge is 2.32. The Morgan fingerprint density at radius 3 is 2.58 bits per heavy atom. The van der Waals surface area contributed by atoms with E-state index in [0.29, 0.717) is 6.61 Å². The van der Waals surface area contributed by atoms with Gasteiger partial charge in [-0.25, -0.2) is 0 Å². The number of hydrogen-bond donors (Lipinski definition) is 1. The Kier molecular flexibility index (Phi) is 7.26. The summed E-state index contributed by atoms with van der Waals surface area (Å²) in [5, 5.41) is 0. The van der Waals surface area contributed by atoms with Crippen LogP contribution in [-0.2, 0) is 13.2 Å². The third-order valence-electron chi connectivity index (χ3n) is 4.91. The summed E-state index contributed by atoms with van der Waals surface area (Å²) in [6, 6.07) is 10.1. The average molecular weight is 378 g/mol. The minimum absolute atomic E-state index is 0. The zero-order valence-electron chi connectivity index (χ0n) is 15.5. The lowest BCUT2D eigenvalue weighted by Crippen LogP contribution is -2.31. The van der Waals surface area contributed by atoms with Crippen LogP contribution in [0.4, 0.5) is 0 Å². The molecule has 0 saturated carbocycles. The topological polar surface area (TPSA) is 60.6 Å². The molecule has 0 bridgehead atoms. The average Bonchev–Trinajstić information content (AvgIpc) is 3.03. The Morgan fingerprint density at radius 1 is 1.15 bits per heavy atom. The number of halogens is 1. The van der Waals surface area contributed by atoms with Crippen LogP contribution in [0.3, 0.4) is 0 Å². The van der Waals surface area contributed by atoms with Crippen molar-refractivity contribution in [3.8, 4) is 11.5 Å². The van der Waals surface area contributed by atoms with E-state index in [1.54, 1.807) is 19.5 Å². The number of nitrogens with zero attached hydrogens (tertiary/aromatic N) is 2. The zero-order chi connectivity index (χ0) is 17.7. The molecule has 5 nitrogen and oxygen atoms in total. The summed E-state index contributed by atoms with van der Waals surface area (Å²) in [5.41, 5.74) is 8.46. The molecule has 1 unspecified atom stereocenters. The van der Waals surface area contributed by atoms with E-state index in [9.17, 15) is 0 Å². The van der Waals surface area contributed by atoms with Gasteiger partial charge in [-0.05, 0) is 60.3 Å². The largest absolute Gasteiger partial charge is 0.493 e. The van der Waals surface area contributed by atoms with E-state index in [4.69, 9.17) is 15.2 Å². The minimum Gasteiger partial charge on any atom is -0.493 e. The molecule has 1 aromatic carbocycles. The molecule has 1 atom stereocenters. The monoisotopic (exact) mass is 377 g/mol. The second kappa shape index (κ2) is 9.21. The maximum Gasteiger partial charge on any atom is 0.161 e. The first kappa shape index (κ1) is 20.5. The molecule has 2 heterocycles. The Bertz CT molecular complexity index is 699. The maximum absolute atomic E-state index is 5.91. The Balaban J connectivity index is 0.00000243. The summed E-state index contributed by atoms with van der Waals surface area (Å²) >= 11 is 0. The maximum atomic E-state index is 5.91. The van der Waals surface area contributed by atoms with Gasteiger partial charge in [0, 0.05) is 25.5 Å².